The molecule has 1 aromatic carbocycles. The summed E-state index contributed by atoms with van der Waals surface area (Å²) in [6.45, 7) is 6.16. The van der Waals surface area contributed by atoms with Crippen LogP contribution in [0, 0.1) is 11.3 Å². The van der Waals surface area contributed by atoms with Crippen LogP contribution in [0.1, 0.15) is 36.5 Å². The molecule has 10 heteroatoms. The maximum absolute atomic E-state index is 11.7. The van der Waals surface area contributed by atoms with Gasteiger partial charge in [0.15, 0.2) is 5.96 Å². The van der Waals surface area contributed by atoms with Crippen LogP contribution in [0.5, 0.6) is 5.75 Å². The van der Waals surface area contributed by atoms with E-state index in [4.69, 9.17) is 20.6 Å². The number of halogens is 2. The maximum Gasteiger partial charge on any atom is 0.330 e. The van der Waals surface area contributed by atoms with E-state index in [1.807, 2.05) is 11.0 Å². The summed E-state index contributed by atoms with van der Waals surface area (Å²) < 4.78 is 11.1. The van der Waals surface area contributed by atoms with E-state index >= 15 is 0 Å². The molecular weight excluding hydrogens is 501 g/mol. The molecule has 196 valence electrons. The molecule has 0 spiro atoms. The van der Waals surface area contributed by atoms with E-state index in [1.54, 1.807) is 25.4 Å². The molecule has 2 aromatic rings. The highest BCUT2D eigenvalue weighted by molar-refractivity contribution is 5.88. The maximum atomic E-state index is 11.7. The lowest BCUT2D eigenvalue weighted by atomic mass is 9.96. The van der Waals surface area contributed by atoms with Crippen molar-refractivity contribution in [2.45, 2.75) is 32.7 Å². The van der Waals surface area contributed by atoms with E-state index in [1.165, 1.54) is 17.2 Å². The first-order valence-electron chi connectivity index (χ1n) is 11.9. The van der Waals surface area contributed by atoms with Gasteiger partial charge < -0.3 is 25.0 Å². The van der Waals surface area contributed by atoms with E-state index < -0.39 is 0 Å². The minimum absolute atomic E-state index is 0. The van der Waals surface area contributed by atoms with Crippen LogP contribution in [0.3, 0.4) is 0 Å². The Labute approximate surface area is 225 Å². The number of esters is 1. The number of guanidine groups is 1. The number of benzene rings is 1. The van der Waals surface area contributed by atoms with Crippen molar-refractivity contribution in [2.75, 3.05) is 37.7 Å². The monoisotopic (exact) mass is 535 g/mol. The van der Waals surface area contributed by atoms with Gasteiger partial charge in [0.25, 0.3) is 0 Å². The molecule has 1 aromatic heterocycles. The number of fused-ring (bicyclic) bond motifs is 1. The Hall–Kier alpha value is -2.97. The number of hydrogen-bond donors (Lipinski definition) is 2. The molecule has 0 aliphatic carbocycles. The van der Waals surface area contributed by atoms with Crippen molar-refractivity contribution in [3.8, 4) is 5.75 Å². The first-order chi connectivity index (χ1) is 16.5. The second-order valence-electron chi connectivity index (χ2n) is 8.75. The topological polar surface area (TPSA) is 105 Å². The Morgan fingerprint density at radius 3 is 2.69 bits per heavy atom. The van der Waals surface area contributed by atoms with Crippen LogP contribution in [-0.2, 0) is 22.5 Å². The normalized spacial score (nSPS) is 15.5. The number of pyridine rings is 1. The van der Waals surface area contributed by atoms with Crippen LogP contribution in [0.15, 0.2) is 42.7 Å². The van der Waals surface area contributed by atoms with Crippen molar-refractivity contribution < 1.29 is 14.3 Å². The van der Waals surface area contributed by atoms with Gasteiger partial charge in [-0.1, -0.05) is 6.07 Å². The molecule has 0 saturated carbocycles. The molecule has 2 aliphatic rings. The summed E-state index contributed by atoms with van der Waals surface area (Å²) in [5, 5.41) is 7.69. The Morgan fingerprint density at radius 1 is 1.19 bits per heavy atom. The number of rotatable bonds is 7. The second-order valence-corrected chi connectivity index (χ2v) is 8.75. The van der Waals surface area contributed by atoms with Gasteiger partial charge in [-0.15, -0.1) is 24.8 Å². The molecule has 4 rings (SSSR count). The summed E-state index contributed by atoms with van der Waals surface area (Å²) in [5.41, 5.74) is 10.2. The lowest BCUT2D eigenvalue weighted by Crippen LogP contribution is -2.40. The summed E-state index contributed by atoms with van der Waals surface area (Å²) in [6, 6.07) is 8.29. The van der Waals surface area contributed by atoms with Crippen LogP contribution in [0.25, 0.3) is 6.08 Å². The quantitative estimate of drug-likeness (QED) is 0.238. The summed E-state index contributed by atoms with van der Waals surface area (Å²) in [7, 11) is 0. The number of anilines is 1. The zero-order chi connectivity index (χ0) is 23.9. The zero-order valence-corrected chi connectivity index (χ0v) is 22.2. The van der Waals surface area contributed by atoms with Gasteiger partial charge in [-0.05, 0) is 67.5 Å². The van der Waals surface area contributed by atoms with Gasteiger partial charge in [0, 0.05) is 55.9 Å². The van der Waals surface area contributed by atoms with Gasteiger partial charge in [-0.2, -0.15) is 0 Å². The summed E-state index contributed by atoms with van der Waals surface area (Å²) in [5.74, 6) is 1.15. The van der Waals surface area contributed by atoms with E-state index in [-0.39, 0.29) is 36.7 Å². The van der Waals surface area contributed by atoms with E-state index in [0.717, 1.165) is 55.9 Å². The Balaban J connectivity index is 0.00000228. The fraction of sp³-hybridized carbons (Fsp3) is 0.423. The molecule has 0 bridgehead atoms. The van der Waals surface area contributed by atoms with Crippen molar-refractivity contribution in [2.24, 2.45) is 11.7 Å². The lowest BCUT2D eigenvalue weighted by molar-refractivity contribution is -0.137. The molecule has 1 fully saturated rings. The highest BCUT2D eigenvalue weighted by Gasteiger charge is 2.22. The molecule has 0 amide bonds. The number of nitrogens with two attached hydrogens (primary N) is 1. The molecule has 8 nitrogen and oxygen atoms in total. The fourth-order valence-electron chi connectivity index (χ4n) is 4.55. The van der Waals surface area contributed by atoms with Gasteiger partial charge in [-0.25, -0.2) is 4.79 Å². The largest absolute Gasteiger partial charge is 0.493 e. The number of hydrogen-bond acceptors (Lipinski definition) is 6. The van der Waals surface area contributed by atoms with Crippen molar-refractivity contribution in [1.82, 2.24) is 9.88 Å². The Morgan fingerprint density at radius 2 is 1.97 bits per heavy atom. The highest BCUT2D eigenvalue weighted by atomic mass is 35.5. The van der Waals surface area contributed by atoms with Gasteiger partial charge in [0.2, 0.25) is 0 Å². The van der Waals surface area contributed by atoms with E-state index in [2.05, 4.69) is 28.1 Å². The van der Waals surface area contributed by atoms with Gasteiger partial charge in [0.1, 0.15) is 5.75 Å². The average molecular weight is 537 g/mol. The number of carbonyl (C=O) groups is 1. The van der Waals surface area contributed by atoms with Crippen molar-refractivity contribution in [3.05, 3.63) is 59.4 Å². The number of carbonyl (C=O) groups excluding carboxylic acids is 1. The third kappa shape index (κ3) is 7.51. The zero-order valence-electron chi connectivity index (χ0n) is 20.5. The lowest BCUT2D eigenvalue weighted by Gasteiger charge is -2.34. The van der Waals surface area contributed by atoms with Gasteiger partial charge in [0.05, 0.1) is 13.2 Å². The molecule has 3 N–H and O–H groups in total. The number of nitrogens with one attached hydrogen (secondary N) is 1. The van der Waals surface area contributed by atoms with Crippen LogP contribution in [-0.4, -0.2) is 54.7 Å². The molecular formula is C26H35Cl2N5O3. The molecule has 0 atom stereocenters. The van der Waals surface area contributed by atoms with Crippen LogP contribution in [0.2, 0.25) is 0 Å². The van der Waals surface area contributed by atoms with Crippen molar-refractivity contribution in [1.29, 1.82) is 5.41 Å². The number of ether oxygens (including phenoxy) is 2. The SMILES string of the molecule is CCOC(=O)C=Cc1cnccc1N1CCC(COc2ccc3c(c2)CN(C(=N)N)CC3)CC1.Cl.Cl. The van der Waals surface area contributed by atoms with Crippen LogP contribution >= 0.6 is 24.8 Å². The highest BCUT2D eigenvalue weighted by Crippen LogP contribution is 2.28. The molecule has 2 aliphatic heterocycles. The summed E-state index contributed by atoms with van der Waals surface area (Å²) in [4.78, 5) is 20.1. The standard InChI is InChI=1S/C26H33N5O3.2ClH/c1-2-33-25(32)6-4-21-16-29-11-7-24(21)30-12-8-19(9-13-30)18-34-23-5-3-20-10-14-31(26(27)28)17-22(20)15-23;;/h3-7,11,15-16,19H,2,8-10,12-14,17-18H2,1H3,(H3,27,28);2*1H. The summed E-state index contributed by atoms with van der Waals surface area (Å²) >= 11 is 0. The minimum Gasteiger partial charge on any atom is -0.493 e. The van der Waals surface area contributed by atoms with Crippen LogP contribution < -0.4 is 15.4 Å². The molecule has 1 saturated heterocycles. The fourth-order valence-corrected chi connectivity index (χ4v) is 4.55. The molecule has 36 heavy (non-hydrogen) atoms. The minimum atomic E-state index is -0.343. The second kappa shape index (κ2) is 13.9. The van der Waals surface area contributed by atoms with Crippen LogP contribution in [0.4, 0.5) is 5.69 Å². The first-order valence-corrected chi connectivity index (χ1v) is 11.9. The Kier molecular flexibility index (Phi) is 11.3. The third-order valence-electron chi connectivity index (χ3n) is 6.49. The van der Waals surface area contributed by atoms with E-state index in [9.17, 15) is 4.79 Å². The average Bonchev–Trinajstić information content (AvgIpc) is 2.86. The van der Waals surface area contributed by atoms with E-state index in [0.29, 0.717) is 25.7 Å². The third-order valence-corrected chi connectivity index (χ3v) is 6.49. The molecule has 0 radical (unpaired) electrons. The van der Waals surface area contributed by atoms with Gasteiger partial charge in [-0.3, -0.25) is 10.4 Å². The first kappa shape index (κ1) is 29.3. The number of piperidine rings is 1. The molecule has 0 unspecified atom stereocenters. The predicted octanol–water partition coefficient (Wildman–Crippen LogP) is 4.05. The number of aromatic nitrogens is 1. The summed E-state index contributed by atoms with van der Waals surface area (Å²) in [6.07, 6.45) is 9.77. The Bertz CT molecular complexity index is 1060. The van der Waals surface area contributed by atoms with Gasteiger partial charge >= 0.3 is 5.97 Å². The predicted molar refractivity (Wildman–Crippen MR) is 147 cm³/mol. The number of nitrogens with zero attached hydrogens (tertiary/aromatic N) is 3. The molecule has 3 heterocycles. The van der Waals surface area contributed by atoms with Crippen molar-refractivity contribution in [3.63, 3.8) is 0 Å². The smallest absolute Gasteiger partial charge is 0.330 e. The van der Waals surface area contributed by atoms with Crippen molar-refractivity contribution >= 4 is 48.5 Å².